The lowest BCUT2D eigenvalue weighted by atomic mass is 10.2. The molecule has 0 spiro atoms. The van der Waals surface area contributed by atoms with Gasteiger partial charge in [0.25, 0.3) is 10.1 Å². The smallest absolute Gasteiger partial charge is 0.271 e. The number of benzene rings is 1. The molecule has 3 nitrogen and oxygen atoms in total. The lowest BCUT2D eigenvalue weighted by Gasteiger charge is -2.07. The van der Waals surface area contributed by atoms with Crippen molar-refractivity contribution in [3.05, 3.63) is 34.9 Å². The van der Waals surface area contributed by atoms with Gasteiger partial charge in [-0.2, -0.15) is 8.42 Å². The summed E-state index contributed by atoms with van der Waals surface area (Å²) in [6.07, 6.45) is 0. The number of hydrogen-bond acceptors (Lipinski definition) is 2. The van der Waals surface area contributed by atoms with E-state index in [0.717, 1.165) is 0 Å². The Hall–Kier alpha value is -0.580. The van der Waals surface area contributed by atoms with E-state index in [0.29, 0.717) is 10.6 Å². The number of rotatable bonds is 2. The van der Waals surface area contributed by atoms with E-state index < -0.39 is 15.4 Å². The summed E-state index contributed by atoms with van der Waals surface area (Å²) in [5.41, 5.74) is 0.481. The maximum Gasteiger partial charge on any atom is 0.271 e. The molecule has 0 radical (unpaired) electrons. The third kappa shape index (κ3) is 2.69. The van der Waals surface area contributed by atoms with Crippen LogP contribution < -0.4 is 0 Å². The molecule has 0 saturated carbocycles. The van der Waals surface area contributed by atoms with Crippen molar-refractivity contribution in [2.24, 2.45) is 0 Å². The highest BCUT2D eigenvalue weighted by Gasteiger charge is 2.19. The second-order valence-electron chi connectivity index (χ2n) is 2.71. The first-order chi connectivity index (χ1) is 5.91. The van der Waals surface area contributed by atoms with Gasteiger partial charge in [0.15, 0.2) is 0 Å². The Morgan fingerprint density at radius 3 is 2.54 bits per heavy atom. The lowest BCUT2D eigenvalue weighted by molar-refractivity contribution is 0.472. The molecule has 1 N–H and O–H groups in total. The third-order valence-electron chi connectivity index (χ3n) is 1.76. The van der Waals surface area contributed by atoms with Gasteiger partial charge in [-0.1, -0.05) is 23.7 Å². The molecule has 0 saturated heterocycles. The summed E-state index contributed by atoms with van der Waals surface area (Å²) in [4.78, 5) is 0. The Labute approximate surface area is 82.1 Å². The first-order valence-corrected chi connectivity index (χ1v) is 5.51. The highest BCUT2D eigenvalue weighted by molar-refractivity contribution is 7.86. The molecule has 1 aromatic carbocycles. The molecule has 72 valence electrons. The molecule has 0 bridgehead atoms. The Bertz CT molecular complexity index is 400. The van der Waals surface area contributed by atoms with Crippen LogP contribution in [0.4, 0.5) is 0 Å². The van der Waals surface area contributed by atoms with Crippen molar-refractivity contribution in [3.63, 3.8) is 0 Å². The van der Waals surface area contributed by atoms with Crippen LogP contribution in [0.5, 0.6) is 0 Å². The summed E-state index contributed by atoms with van der Waals surface area (Å²) >= 11 is 5.66. The fraction of sp³-hybridized carbons (Fsp3) is 0.250. The molecule has 13 heavy (non-hydrogen) atoms. The van der Waals surface area contributed by atoms with Crippen molar-refractivity contribution in [1.82, 2.24) is 0 Å². The second kappa shape index (κ2) is 3.65. The van der Waals surface area contributed by atoms with Crippen molar-refractivity contribution < 1.29 is 13.0 Å². The average Bonchev–Trinajstić information content (AvgIpc) is 2.01. The highest BCUT2D eigenvalue weighted by atomic mass is 35.5. The monoisotopic (exact) mass is 220 g/mol. The summed E-state index contributed by atoms with van der Waals surface area (Å²) in [6.45, 7) is 1.40. The zero-order valence-electron chi connectivity index (χ0n) is 6.94. The van der Waals surface area contributed by atoms with Crippen LogP contribution in [-0.4, -0.2) is 13.0 Å². The maximum atomic E-state index is 10.8. The van der Waals surface area contributed by atoms with Gasteiger partial charge in [0, 0.05) is 5.02 Å². The van der Waals surface area contributed by atoms with E-state index in [4.69, 9.17) is 16.2 Å². The van der Waals surface area contributed by atoms with Crippen LogP contribution in [0, 0.1) is 0 Å². The first kappa shape index (κ1) is 10.5. The molecular weight excluding hydrogens is 212 g/mol. The first-order valence-electron chi connectivity index (χ1n) is 3.63. The molecule has 1 rings (SSSR count). The van der Waals surface area contributed by atoms with E-state index in [-0.39, 0.29) is 0 Å². The van der Waals surface area contributed by atoms with Crippen LogP contribution in [0.3, 0.4) is 0 Å². The predicted octanol–water partition coefficient (Wildman–Crippen LogP) is 2.29. The van der Waals surface area contributed by atoms with Gasteiger partial charge in [-0.25, -0.2) is 0 Å². The predicted molar refractivity (Wildman–Crippen MR) is 51.4 cm³/mol. The minimum Gasteiger partial charge on any atom is -0.285 e. The molecule has 0 amide bonds. The Balaban J connectivity index is 3.10. The molecule has 0 aliphatic carbocycles. The van der Waals surface area contributed by atoms with Crippen LogP contribution >= 0.6 is 11.6 Å². The van der Waals surface area contributed by atoms with E-state index in [2.05, 4.69) is 0 Å². The number of hydrogen-bond donors (Lipinski definition) is 1. The third-order valence-corrected chi connectivity index (χ3v) is 3.17. The second-order valence-corrected chi connectivity index (χ2v) is 4.89. The van der Waals surface area contributed by atoms with Crippen molar-refractivity contribution in [2.75, 3.05) is 0 Å². The summed E-state index contributed by atoms with van der Waals surface area (Å²) in [7, 11) is -4.03. The van der Waals surface area contributed by atoms with E-state index in [9.17, 15) is 8.42 Å². The van der Waals surface area contributed by atoms with Gasteiger partial charge in [-0.05, 0) is 24.6 Å². The summed E-state index contributed by atoms with van der Waals surface area (Å²) < 4.78 is 30.3. The van der Waals surface area contributed by atoms with Gasteiger partial charge in [0.2, 0.25) is 0 Å². The molecule has 0 aliphatic rings. The maximum absolute atomic E-state index is 10.8. The normalized spacial score (nSPS) is 14.1. The van der Waals surface area contributed by atoms with Crippen LogP contribution in [0.15, 0.2) is 24.3 Å². The molecular formula is C8H9ClO3S. The van der Waals surface area contributed by atoms with Crippen molar-refractivity contribution >= 4 is 21.7 Å². The van der Waals surface area contributed by atoms with E-state index in [1.54, 1.807) is 18.2 Å². The molecule has 5 heteroatoms. The minimum absolute atomic E-state index is 0.452. The quantitative estimate of drug-likeness (QED) is 0.778. The van der Waals surface area contributed by atoms with Gasteiger partial charge >= 0.3 is 0 Å². The Kier molecular flexibility index (Phi) is 2.95. The standard InChI is InChI=1S/C8H9ClO3S/c1-6(13(10,11)12)7-3-2-4-8(9)5-7/h2-6H,1H3,(H,10,11,12)/t6-/m0/s1. The Morgan fingerprint density at radius 1 is 1.46 bits per heavy atom. The minimum atomic E-state index is -4.03. The van der Waals surface area contributed by atoms with Gasteiger partial charge in [0.05, 0.1) is 0 Å². The van der Waals surface area contributed by atoms with Gasteiger partial charge in [0.1, 0.15) is 5.25 Å². The molecule has 0 unspecified atom stereocenters. The van der Waals surface area contributed by atoms with Crippen molar-refractivity contribution in [2.45, 2.75) is 12.2 Å². The van der Waals surface area contributed by atoms with Crippen molar-refractivity contribution in [1.29, 1.82) is 0 Å². The van der Waals surface area contributed by atoms with Gasteiger partial charge in [-0.3, -0.25) is 4.55 Å². The largest absolute Gasteiger partial charge is 0.285 e. The van der Waals surface area contributed by atoms with E-state index in [1.807, 2.05) is 0 Å². The molecule has 0 fully saturated rings. The summed E-state index contributed by atoms with van der Waals surface area (Å²) in [5.74, 6) is 0. The lowest BCUT2D eigenvalue weighted by Crippen LogP contribution is -2.07. The summed E-state index contributed by atoms with van der Waals surface area (Å²) in [5, 5.41) is -0.487. The van der Waals surface area contributed by atoms with Crippen LogP contribution in [0.1, 0.15) is 17.7 Å². The van der Waals surface area contributed by atoms with Crippen LogP contribution in [0.25, 0.3) is 0 Å². The zero-order chi connectivity index (χ0) is 10.1. The average molecular weight is 221 g/mol. The molecule has 0 heterocycles. The Morgan fingerprint density at radius 2 is 2.08 bits per heavy atom. The fourth-order valence-electron chi connectivity index (χ4n) is 0.931. The van der Waals surface area contributed by atoms with E-state index in [1.165, 1.54) is 13.0 Å². The fourth-order valence-corrected chi connectivity index (χ4v) is 1.62. The number of halogens is 1. The zero-order valence-corrected chi connectivity index (χ0v) is 8.51. The summed E-state index contributed by atoms with van der Waals surface area (Å²) in [6, 6.07) is 6.39. The SMILES string of the molecule is C[C@@H](c1cccc(Cl)c1)S(=O)(=O)O. The van der Waals surface area contributed by atoms with Crippen LogP contribution in [-0.2, 0) is 10.1 Å². The van der Waals surface area contributed by atoms with Crippen LogP contribution in [0.2, 0.25) is 5.02 Å². The van der Waals surface area contributed by atoms with E-state index >= 15 is 0 Å². The van der Waals surface area contributed by atoms with Crippen molar-refractivity contribution in [3.8, 4) is 0 Å². The van der Waals surface area contributed by atoms with Gasteiger partial charge in [-0.15, -0.1) is 0 Å². The molecule has 1 atom stereocenters. The van der Waals surface area contributed by atoms with Gasteiger partial charge < -0.3 is 0 Å². The molecule has 0 aliphatic heterocycles. The molecule has 1 aromatic rings. The topological polar surface area (TPSA) is 54.4 Å². The highest BCUT2D eigenvalue weighted by Crippen LogP contribution is 2.22. The molecule has 0 aromatic heterocycles.